The molecule has 142 valence electrons. The average Bonchev–Trinajstić information content (AvgIpc) is 2.69. The third-order valence-corrected chi connectivity index (χ3v) is 3.70. The lowest BCUT2D eigenvalue weighted by Gasteiger charge is -2.10. The smallest absolute Gasteiger partial charge is 0.353 e. The number of carbonyl (C=O) groups is 1. The summed E-state index contributed by atoms with van der Waals surface area (Å²) in [5.41, 5.74) is 1.28. The largest absolute Gasteiger partial charge is 0.462 e. The Balaban J connectivity index is 1.86. The van der Waals surface area contributed by atoms with Gasteiger partial charge in [0, 0.05) is 11.4 Å². The van der Waals surface area contributed by atoms with Gasteiger partial charge >= 0.3 is 11.7 Å². The molecule has 0 spiro atoms. The standard InChI is InChI=1S/C19H17N5O4/c1-2-28-19(25)13-8-10-15(11-9-13)23-18-16(24(26)27)17(20-12-21-18)22-14-6-4-3-5-7-14/h3-12H,2H2,1H3,(H2,20,21,22,23). The molecule has 28 heavy (non-hydrogen) atoms. The number of esters is 1. The maximum atomic E-state index is 11.7. The number of rotatable bonds is 7. The van der Waals surface area contributed by atoms with E-state index in [1.54, 1.807) is 55.5 Å². The number of ether oxygens (including phenoxy) is 1. The molecule has 0 aliphatic heterocycles. The predicted octanol–water partition coefficient (Wildman–Crippen LogP) is 4.05. The molecule has 0 fully saturated rings. The van der Waals surface area contributed by atoms with Gasteiger partial charge in [0.05, 0.1) is 17.1 Å². The lowest BCUT2D eigenvalue weighted by molar-refractivity contribution is -0.383. The number of para-hydroxylation sites is 1. The highest BCUT2D eigenvalue weighted by Crippen LogP contribution is 2.32. The van der Waals surface area contributed by atoms with Gasteiger partial charge in [-0.25, -0.2) is 14.8 Å². The second-order valence-electron chi connectivity index (χ2n) is 5.59. The molecule has 2 aromatic carbocycles. The van der Waals surface area contributed by atoms with Crippen molar-refractivity contribution in [3.05, 3.63) is 76.6 Å². The number of benzene rings is 2. The minimum atomic E-state index is -0.555. The van der Waals surface area contributed by atoms with Gasteiger partial charge in [0.2, 0.25) is 11.6 Å². The Hall–Kier alpha value is -4.01. The molecule has 0 bridgehead atoms. The van der Waals surface area contributed by atoms with Crippen LogP contribution in [-0.4, -0.2) is 27.5 Å². The van der Waals surface area contributed by atoms with Crippen LogP contribution in [0.15, 0.2) is 60.9 Å². The summed E-state index contributed by atoms with van der Waals surface area (Å²) in [6.07, 6.45) is 1.23. The van der Waals surface area contributed by atoms with E-state index >= 15 is 0 Å². The van der Waals surface area contributed by atoms with Crippen molar-refractivity contribution in [1.29, 1.82) is 0 Å². The molecule has 0 unspecified atom stereocenters. The molecule has 0 saturated carbocycles. The van der Waals surface area contributed by atoms with E-state index in [4.69, 9.17) is 4.74 Å². The molecular weight excluding hydrogens is 362 g/mol. The first-order valence-corrected chi connectivity index (χ1v) is 8.44. The first-order chi connectivity index (χ1) is 13.6. The van der Waals surface area contributed by atoms with Gasteiger partial charge in [-0.15, -0.1) is 0 Å². The molecule has 0 amide bonds. The molecule has 9 nitrogen and oxygen atoms in total. The van der Waals surface area contributed by atoms with Crippen molar-refractivity contribution in [3.63, 3.8) is 0 Å². The molecule has 0 radical (unpaired) electrons. The van der Waals surface area contributed by atoms with Crippen LogP contribution in [0.2, 0.25) is 0 Å². The summed E-state index contributed by atoms with van der Waals surface area (Å²) >= 11 is 0. The number of carbonyl (C=O) groups excluding carboxylic acids is 1. The van der Waals surface area contributed by atoms with Gasteiger partial charge < -0.3 is 15.4 Å². The zero-order valence-electron chi connectivity index (χ0n) is 15.0. The maximum Gasteiger partial charge on any atom is 0.353 e. The summed E-state index contributed by atoms with van der Waals surface area (Å²) in [6, 6.07) is 15.4. The van der Waals surface area contributed by atoms with E-state index in [0.717, 1.165) is 0 Å². The average molecular weight is 379 g/mol. The summed E-state index contributed by atoms with van der Waals surface area (Å²) in [7, 11) is 0. The fourth-order valence-corrected chi connectivity index (χ4v) is 2.43. The van der Waals surface area contributed by atoms with E-state index in [2.05, 4.69) is 20.6 Å². The molecule has 3 aromatic rings. The normalized spacial score (nSPS) is 10.2. The fraction of sp³-hybridized carbons (Fsp3) is 0.105. The Morgan fingerprint density at radius 3 is 2.11 bits per heavy atom. The van der Waals surface area contributed by atoms with Crippen molar-refractivity contribution in [2.45, 2.75) is 6.92 Å². The van der Waals surface area contributed by atoms with Crippen LogP contribution >= 0.6 is 0 Å². The van der Waals surface area contributed by atoms with Crippen LogP contribution in [0, 0.1) is 10.1 Å². The van der Waals surface area contributed by atoms with E-state index in [1.807, 2.05) is 6.07 Å². The minimum absolute atomic E-state index is 0.0299. The number of nitro groups is 1. The van der Waals surface area contributed by atoms with Gasteiger partial charge in [-0.3, -0.25) is 10.1 Å². The van der Waals surface area contributed by atoms with Crippen LogP contribution in [0.5, 0.6) is 0 Å². The highest BCUT2D eigenvalue weighted by Gasteiger charge is 2.23. The summed E-state index contributed by atoms with van der Waals surface area (Å²) in [4.78, 5) is 30.8. The van der Waals surface area contributed by atoms with Crippen molar-refractivity contribution >= 4 is 34.7 Å². The number of aromatic nitrogens is 2. The molecular formula is C19H17N5O4. The number of nitrogens with one attached hydrogen (secondary N) is 2. The van der Waals surface area contributed by atoms with E-state index in [0.29, 0.717) is 16.9 Å². The quantitative estimate of drug-likeness (QED) is 0.358. The number of hydrogen-bond donors (Lipinski definition) is 2. The number of anilines is 4. The van der Waals surface area contributed by atoms with Crippen LogP contribution < -0.4 is 10.6 Å². The van der Waals surface area contributed by atoms with Crippen LogP contribution in [-0.2, 0) is 4.74 Å². The fourth-order valence-electron chi connectivity index (χ4n) is 2.43. The van der Waals surface area contributed by atoms with Gasteiger partial charge in [0.25, 0.3) is 0 Å². The highest BCUT2D eigenvalue weighted by molar-refractivity contribution is 5.90. The van der Waals surface area contributed by atoms with Gasteiger partial charge in [-0.2, -0.15) is 0 Å². The monoisotopic (exact) mass is 379 g/mol. The lowest BCUT2D eigenvalue weighted by atomic mass is 10.2. The van der Waals surface area contributed by atoms with Gasteiger partial charge in [-0.1, -0.05) is 18.2 Å². The SMILES string of the molecule is CCOC(=O)c1ccc(Nc2ncnc(Nc3ccccc3)c2[N+](=O)[O-])cc1. The lowest BCUT2D eigenvalue weighted by Crippen LogP contribution is -2.06. The molecule has 0 aliphatic carbocycles. The summed E-state index contributed by atoms with van der Waals surface area (Å²) in [5.74, 6) is -0.337. The first-order valence-electron chi connectivity index (χ1n) is 8.44. The van der Waals surface area contributed by atoms with Crippen LogP contribution in [0.25, 0.3) is 0 Å². The predicted molar refractivity (Wildman–Crippen MR) is 104 cm³/mol. The number of hydrogen-bond acceptors (Lipinski definition) is 8. The maximum absolute atomic E-state index is 11.7. The summed E-state index contributed by atoms with van der Waals surface area (Å²) in [6.45, 7) is 2.01. The highest BCUT2D eigenvalue weighted by atomic mass is 16.6. The molecule has 0 aliphatic rings. The third-order valence-electron chi connectivity index (χ3n) is 3.70. The molecule has 2 N–H and O–H groups in total. The first kappa shape index (κ1) is 18.8. The van der Waals surface area contributed by atoms with Crippen molar-refractivity contribution in [3.8, 4) is 0 Å². The van der Waals surface area contributed by atoms with Gasteiger partial charge in [0.15, 0.2) is 0 Å². The third kappa shape index (κ3) is 4.39. The molecule has 3 rings (SSSR count). The molecule has 0 saturated heterocycles. The van der Waals surface area contributed by atoms with Crippen molar-refractivity contribution < 1.29 is 14.5 Å². The Bertz CT molecular complexity index is 977. The van der Waals surface area contributed by atoms with Crippen molar-refractivity contribution in [2.24, 2.45) is 0 Å². The van der Waals surface area contributed by atoms with Crippen molar-refractivity contribution in [1.82, 2.24) is 9.97 Å². The Morgan fingerprint density at radius 2 is 1.57 bits per heavy atom. The van der Waals surface area contributed by atoms with E-state index in [9.17, 15) is 14.9 Å². The van der Waals surface area contributed by atoms with E-state index < -0.39 is 10.9 Å². The second kappa shape index (κ2) is 8.58. The molecule has 1 heterocycles. The Morgan fingerprint density at radius 1 is 1.00 bits per heavy atom. The summed E-state index contributed by atoms with van der Waals surface area (Å²) in [5, 5.41) is 17.4. The zero-order valence-corrected chi connectivity index (χ0v) is 15.0. The molecule has 0 atom stereocenters. The molecule has 9 heteroatoms. The molecule has 1 aromatic heterocycles. The summed E-state index contributed by atoms with van der Waals surface area (Å²) < 4.78 is 4.93. The van der Waals surface area contributed by atoms with Crippen LogP contribution in [0.4, 0.5) is 28.7 Å². The Labute approximate surface area is 160 Å². The minimum Gasteiger partial charge on any atom is -0.462 e. The van der Waals surface area contributed by atoms with E-state index in [-0.39, 0.29) is 23.9 Å². The van der Waals surface area contributed by atoms with Crippen molar-refractivity contribution in [2.75, 3.05) is 17.2 Å². The Kier molecular flexibility index (Phi) is 5.75. The second-order valence-corrected chi connectivity index (χ2v) is 5.59. The van der Waals surface area contributed by atoms with Crippen LogP contribution in [0.1, 0.15) is 17.3 Å². The van der Waals surface area contributed by atoms with E-state index in [1.165, 1.54) is 6.33 Å². The van der Waals surface area contributed by atoms with Gasteiger partial charge in [0.1, 0.15) is 6.33 Å². The topological polar surface area (TPSA) is 119 Å². The number of nitrogens with zero attached hydrogens (tertiary/aromatic N) is 3. The van der Waals surface area contributed by atoms with Crippen LogP contribution in [0.3, 0.4) is 0 Å². The van der Waals surface area contributed by atoms with Gasteiger partial charge in [-0.05, 0) is 43.3 Å². The zero-order chi connectivity index (χ0) is 19.9.